The molecule has 9 heteroatoms. The zero-order valence-corrected chi connectivity index (χ0v) is 26.3. The topological polar surface area (TPSA) is 94.2 Å². The van der Waals surface area contributed by atoms with Crippen LogP contribution in [0.5, 0.6) is 0 Å². The molecular formula is C34H49N5O4. The highest BCUT2D eigenvalue weighted by Gasteiger charge is 2.72. The fourth-order valence-corrected chi connectivity index (χ4v) is 8.30. The molecule has 1 aliphatic carbocycles. The number of amides is 3. The van der Waals surface area contributed by atoms with Gasteiger partial charge in [-0.2, -0.15) is 0 Å². The Hall–Kier alpha value is -2.75. The summed E-state index contributed by atoms with van der Waals surface area (Å²) < 4.78 is 6.56. The van der Waals surface area contributed by atoms with E-state index in [1.165, 1.54) is 6.42 Å². The van der Waals surface area contributed by atoms with E-state index in [0.29, 0.717) is 24.1 Å². The van der Waals surface area contributed by atoms with Crippen LogP contribution in [-0.4, -0.2) is 102 Å². The van der Waals surface area contributed by atoms with Crippen LogP contribution in [0.25, 0.3) is 0 Å². The Bertz CT molecular complexity index is 1240. The monoisotopic (exact) mass is 591 g/mol. The Morgan fingerprint density at radius 2 is 1.81 bits per heavy atom. The van der Waals surface area contributed by atoms with E-state index in [9.17, 15) is 14.4 Å². The van der Waals surface area contributed by atoms with Gasteiger partial charge in [0.1, 0.15) is 11.6 Å². The van der Waals surface area contributed by atoms with E-state index in [-0.39, 0.29) is 23.8 Å². The zero-order valence-electron chi connectivity index (χ0n) is 26.3. The number of fused-ring (bicyclic) bond motifs is 1. The number of anilines is 1. The number of benzene rings is 1. The molecule has 1 aromatic rings. The first kappa shape index (κ1) is 30.3. The third kappa shape index (κ3) is 5.64. The summed E-state index contributed by atoms with van der Waals surface area (Å²) in [5.74, 6) is -1.03. The Labute approximate surface area is 256 Å². The van der Waals surface area contributed by atoms with Gasteiger partial charge in [0.05, 0.1) is 17.9 Å². The van der Waals surface area contributed by atoms with Gasteiger partial charge < -0.3 is 30.1 Å². The molecule has 0 aromatic heterocycles. The van der Waals surface area contributed by atoms with E-state index in [1.54, 1.807) is 4.90 Å². The first-order valence-electron chi connectivity index (χ1n) is 16.5. The van der Waals surface area contributed by atoms with Crippen molar-refractivity contribution in [2.45, 2.75) is 77.2 Å². The molecule has 1 spiro atoms. The van der Waals surface area contributed by atoms with Crippen molar-refractivity contribution in [3.05, 3.63) is 42.0 Å². The number of piperazine rings is 1. The van der Waals surface area contributed by atoms with Gasteiger partial charge in [-0.05, 0) is 62.4 Å². The largest absolute Gasteiger partial charge is 0.359 e. The van der Waals surface area contributed by atoms with Gasteiger partial charge in [-0.25, -0.2) is 0 Å². The maximum absolute atomic E-state index is 14.3. The molecule has 6 unspecified atom stereocenters. The van der Waals surface area contributed by atoms with Crippen LogP contribution >= 0.6 is 0 Å². The van der Waals surface area contributed by atoms with E-state index >= 15 is 0 Å². The summed E-state index contributed by atoms with van der Waals surface area (Å²) in [6.07, 6.45) is 7.26. The fourth-order valence-electron chi connectivity index (χ4n) is 8.30. The van der Waals surface area contributed by atoms with Crippen molar-refractivity contribution in [1.29, 1.82) is 0 Å². The molecule has 0 radical (unpaired) electrons. The summed E-state index contributed by atoms with van der Waals surface area (Å²) >= 11 is 0. The lowest BCUT2D eigenvalue weighted by molar-refractivity contribution is -0.141. The van der Waals surface area contributed by atoms with Crippen molar-refractivity contribution >= 4 is 23.4 Å². The van der Waals surface area contributed by atoms with Gasteiger partial charge >= 0.3 is 0 Å². The number of nitrogens with one attached hydrogen (secondary N) is 2. The van der Waals surface area contributed by atoms with Crippen LogP contribution in [0.1, 0.15) is 52.0 Å². The molecule has 3 amide bonds. The first-order chi connectivity index (χ1) is 20.7. The van der Waals surface area contributed by atoms with Crippen LogP contribution in [-0.2, 0) is 19.1 Å². The predicted octanol–water partition coefficient (Wildman–Crippen LogP) is 3.05. The fraction of sp³-hybridized carbons (Fsp3) is 0.676. The molecule has 3 saturated heterocycles. The number of carbonyl (C=O) groups excluding carboxylic acids is 3. The summed E-state index contributed by atoms with van der Waals surface area (Å²) in [6.45, 7) is 15.2. The predicted molar refractivity (Wildman–Crippen MR) is 166 cm³/mol. The number of likely N-dealkylation sites (N-methyl/N-ethyl adjacent to an activating group) is 1. The van der Waals surface area contributed by atoms with Gasteiger partial charge in [0, 0.05) is 44.5 Å². The number of carbonyl (C=O) groups is 3. The molecule has 4 heterocycles. The number of hydrogen-bond acceptors (Lipinski definition) is 6. The van der Waals surface area contributed by atoms with E-state index in [2.05, 4.69) is 41.2 Å². The molecule has 2 bridgehead atoms. The lowest BCUT2D eigenvalue weighted by Crippen LogP contribution is -2.58. The lowest BCUT2D eigenvalue weighted by Gasteiger charge is -2.38. The van der Waals surface area contributed by atoms with Gasteiger partial charge in [0.2, 0.25) is 17.7 Å². The molecule has 43 heavy (non-hydrogen) atoms. The minimum absolute atomic E-state index is 0.0708. The third-order valence-corrected chi connectivity index (χ3v) is 11.0. The average Bonchev–Trinajstić information content (AvgIpc) is 3.63. The minimum Gasteiger partial charge on any atom is -0.359 e. The normalized spacial score (nSPS) is 35.8. The average molecular weight is 592 g/mol. The van der Waals surface area contributed by atoms with Crippen LogP contribution in [0.2, 0.25) is 0 Å². The first-order valence-corrected chi connectivity index (χ1v) is 16.5. The summed E-state index contributed by atoms with van der Waals surface area (Å²) in [4.78, 5) is 49.0. The Kier molecular flexibility index (Phi) is 8.68. The maximum atomic E-state index is 14.3. The molecule has 1 saturated carbocycles. The summed E-state index contributed by atoms with van der Waals surface area (Å²) in [5.41, 5.74) is 0.614. The SMILES string of the molecule is CCN1CCN(CCCN2C(=O)[C@@H]3C(C(=O)Nc4cccc(C)c4)[C@@H]4C=CC3(O4)C2C(=O)NC2CCCC(C)C2C)CC1. The smallest absolute Gasteiger partial charge is 0.246 e. The number of aryl methyl sites for hydroxylation is 1. The third-order valence-electron chi connectivity index (χ3n) is 11.0. The van der Waals surface area contributed by atoms with Gasteiger partial charge in [-0.1, -0.05) is 57.9 Å². The van der Waals surface area contributed by atoms with E-state index in [4.69, 9.17) is 4.74 Å². The second kappa shape index (κ2) is 12.3. The molecule has 234 valence electrons. The number of likely N-dealkylation sites (tertiary alicyclic amines) is 1. The van der Waals surface area contributed by atoms with Gasteiger partial charge in [-0.15, -0.1) is 0 Å². The molecule has 9 nitrogen and oxygen atoms in total. The van der Waals surface area contributed by atoms with Crippen LogP contribution in [0.15, 0.2) is 36.4 Å². The van der Waals surface area contributed by atoms with Gasteiger partial charge in [-0.3, -0.25) is 14.4 Å². The molecule has 5 aliphatic rings. The molecule has 4 fully saturated rings. The van der Waals surface area contributed by atoms with Gasteiger partial charge in [0.25, 0.3) is 0 Å². The van der Waals surface area contributed by atoms with Crippen molar-refractivity contribution in [3.63, 3.8) is 0 Å². The Morgan fingerprint density at radius 1 is 1.05 bits per heavy atom. The van der Waals surface area contributed by atoms with Crippen molar-refractivity contribution in [2.24, 2.45) is 23.7 Å². The van der Waals surface area contributed by atoms with Crippen molar-refractivity contribution in [2.75, 3.05) is 51.1 Å². The molecule has 4 aliphatic heterocycles. The lowest BCUT2D eigenvalue weighted by atomic mass is 9.73. The summed E-state index contributed by atoms with van der Waals surface area (Å²) in [5, 5.41) is 6.39. The van der Waals surface area contributed by atoms with Crippen molar-refractivity contribution < 1.29 is 19.1 Å². The number of rotatable bonds is 9. The molecule has 8 atom stereocenters. The van der Waals surface area contributed by atoms with E-state index < -0.39 is 29.6 Å². The van der Waals surface area contributed by atoms with Crippen molar-refractivity contribution in [1.82, 2.24) is 20.0 Å². The number of hydrogen-bond donors (Lipinski definition) is 2. The number of ether oxygens (including phenoxy) is 1. The van der Waals surface area contributed by atoms with E-state index in [1.807, 2.05) is 43.3 Å². The van der Waals surface area contributed by atoms with Crippen molar-refractivity contribution in [3.8, 4) is 0 Å². The van der Waals surface area contributed by atoms with Crippen LogP contribution < -0.4 is 10.6 Å². The quantitative estimate of drug-likeness (QED) is 0.429. The summed E-state index contributed by atoms with van der Waals surface area (Å²) in [7, 11) is 0. The van der Waals surface area contributed by atoms with Crippen LogP contribution in [0.3, 0.4) is 0 Å². The Balaban J connectivity index is 1.22. The highest BCUT2D eigenvalue weighted by Crippen LogP contribution is 2.55. The molecular weight excluding hydrogens is 542 g/mol. The second-order valence-corrected chi connectivity index (χ2v) is 13.6. The standard InChI is InChI=1S/C34H49N5O4/c1-5-37-17-19-38(20-18-37)15-8-16-39-30(32(41)36-26-12-7-10-23(3)24(26)4)34-14-13-27(43-34)28(29(34)33(39)42)31(40)35-25-11-6-9-22(2)21-25/h6,9,11,13-14,21,23-24,26-30H,5,7-8,10,12,15-20H2,1-4H3,(H,35,40)(H,36,41)/t23?,24?,26?,27-,28?,29-,30?,34?/m0/s1. The maximum Gasteiger partial charge on any atom is 0.246 e. The Morgan fingerprint density at radius 3 is 2.56 bits per heavy atom. The molecule has 1 aromatic carbocycles. The molecule has 6 rings (SSSR count). The highest BCUT2D eigenvalue weighted by atomic mass is 16.5. The summed E-state index contributed by atoms with van der Waals surface area (Å²) in [6, 6.07) is 6.94. The molecule has 2 N–H and O–H groups in total. The van der Waals surface area contributed by atoms with Crippen LogP contribution in [0, 0.1) is 30.6 Å². The highest BCUT2D eigenvalue weighted by molar-refractivity contribution is 6.02. The van der Waals surface area contributed by atoms with Crippen LogP contribution in [0.4, 0.5) is 5.69 Å². The second-order valence-electron chi connectivity index (χ2n) is 13.6. The number of nitrogens with zero attached hydrogens (tertiary/aromatic N) is 3. The van der Waals surface area contributed by atoms with E-state index in [0.717, 1.165) is 64.1 Å². The minimum atomic E-state index is -1.13. The zero-order chi connectivity index (χ0) is 30.3. The van der Waals surface area contributed by atoms with Gasteiger partial charge in [0.15, 0.2) is 0 Å².